The second kappa shape index (κ2) is 7.65. The van der Waals surface area contributed by atoms with Crippen LogP contribution < -0.4 is 10.2 Å². The van der Waals surface area contributed by atoms with Crippen molar-refractivity contribution in [2.75, 3.05) is 18.0 Å². The number of carboxylic acid groups (broad SMARTS) is 1. The SMILES string of the molecule is C[C@@H](NC1CCN(c2ccc(F)c(C3(C(=O)O)CC3)c2)C1)c1cccc2ccccc12. The molecule has 3 aromatic rings. The molecule has 5 heteroatoms. The van der Waals surface area contributed by atoms with Gasteiger partial charge < -0.3 is 15.3 Å². The Labute approximate surface area is 181 Å². The van der Waals surface area contributed by atoms with Crippen LogP contribution in [-0.4, -0.2) is 30.2 Å². The smallest absolute Gasteiger partial charge is 0.314 e. The van der Waals surface area contributed by atoms with Crippen LogP contribution in [0.4, 0.5) is 10.1 Å². The Hall–Kier alpha value is -2.92. The molecule has 0 aromatic heterocycles. The summed E-state index contributed by atoms with van der Waals surface area (Å²) in [6, 6.07) is 20.3. The van der Waals surface area contributed by atoms with Crippen LogP contribution in [0.3, 0.4) is 0 Å². The van der Waals surface area contributed by atoms with E-state index < -0.39 is 17.2 Å². The number of halogens is 1. The Morgan fingerprint density at radius 2 is 1.94 bits per heavy atom. The van der Waals surface area contributed by atoms with Gasteiger partial charge in [-0.2, -0.15) is 0 Å². The molecule has 2 fully saturated rings. The summed E-state index contributed by atoms with van der Waals surface area (Å²) in [5.74, 6) is -1.34. The summed E-state index contributed by atoms with van der Waals surface area (Å²) in [5, 5.41) is 15.8. The van der Waals surface area contributed by atoms with Crippen LogP contribution >= 0.6 is 0 Å². The lowest BCUT2D eigenvalue weighted by atomic mass is 9.95. The summed E-state index contributed by atoms with van der Waals surface area (Å²) in [4.78, 5) is 13.9. The third-order valence-electron chi connectivity index (χ3n) is 6.95. The van der Waals surface area contributed by atoms with E-state index in [1.165, 1.54) is 22.4 Å². The lowest BCUT2D eigenvalue weighted by Crippen LogP contribution is -2.34. The molecule has 160 valence electrons. The summed E-state index contributed by atoms with van der Waals surface area (Å²) < 4.78 is 14.4. The number of nitrogens with one attached hydrogen (secondary N) is 1. The van der Waals surface area contributed by atoms with Gasteiger partial charge in [-0.25, -0.2) is 4.39 Å². The van der Waals surface area contributed by atoms with E-state index in [-0.39, 0.29) is 6.04 Å². The number of anilines is 1. The normalized spacial score (nSPS) is 20.7. The van der Waals surface area contributed by atoms with Crippen molar-refractivity contribution < 1.29 is 14.3 Å². The third-order valence-corrected chi connectivity index (χ3v) is 6.95. The van der Waals surface area contributed by atoms with Crippen LogP contribution in [0.25, 0.3) is 10.8 Å². The Morgan fingerprint density at radius 3 is 2.71 bits per heavy atom. The molecule has 0 spiro atoms. The van der Waals surface area contributed by atoms with Gasteiger partial charge in [0.1, 0.15) is 5.82 Å². The highest BCUT2D eigenvalue weighted by molar-refractivity contribution is 5.86. The van der Waals surface area contributed by atoms with E-state index in [4.69, 9.17) is 0 Å². The first-order valence-electron chi connectivity index (χ1n) is 11.0. The molecular formula is C26H27FN2O2. The van der Waals surface area contributed by atoms with Crippen LogP contribution in [-0.2, 0) is 10.2 Å². The monoisotopic (exact) mass is 418 g/mol. The molecule has 1 saturated carbocycles. The van der Waals surface area contributed by atoms with Crippen molar-refractivity contribution in [2.24, 2.45) is 0 Å². The highest BCUT2D eigenvalue weighted by atomic mass is 19.1. The molecule has 2 N–H and O–H groups in total. The van der Waals surface area contributed by atoms with E-state index in [0.29, 0.717) is 24.4 Å². The van der Waals surface area contributed by atoms with Crippen LogP contribution in [0.2, 0.25) is 0 Å². The number of rotatable bonds is 6. The second-order valence-electron chi connectivity index (χ2n) is 8.94. The van der Waals surface area contributed by atoms with Crippen molar-refractivity contribution in [3.63, 3.8) is 0 Å². The number of aliphatic carboxylic acids is 1. The van der Waals surface area contributed by atoms with Crippen molar-refractivity contribution in [3.8, 4) is 0 Å². The zero-order valence-electron chi connectivity index (χ0n) is 17.6. The molecule has 1 aliphatic heterocycles. The molecule has 4 nitrogen and oxygen atoms in total. The van der Waals surface area contributed by atoms with Crippen molar-refractivity contribution >= 4 is 22.4 Å². The van der Waals surface area contributed by atoms with Crippen molar-refractivity contribution in [3.05, 3.63) is 77.6 Å². The largest absolute Gasteiger partial charge is 0.481 e. The lowest BCUT2D eigenvalue weighted by Gasteiger charge is -2.24. The van der Waals surface area contributed by atoms with E-state index in [1.54, 1.807) is 12.1 Å². The van der Waals surface area contributed by atoms with Gasteiger partial charge in [0.15, 0.2) is 0 Å². The van der Waals surface area contributed by atoms with Crippen LogP contribution in [0, 0.1) is 5.82 Å². The first kappa shape index (κ1) is 20.0. The lowest BCUT2D eigenvalue weighted by molar-refractivity contribution is -0.140. The minimum atomic E-state index is -1.03. The molecule has 0 radical (unpaired) electrons. The van der Waals surface area contributed by atoms with E-state index in [0.717, 1.165) is 25.2 Å². The summed E-state index contributed by atoms with van der Waals surface area (Å²) >= 11 is 0. The van der Waals surface area contributed by atoms with Crippen molar-refractivity contribution in [2.45, 2.75) is 43.7 Å². The van der Waals surface area contributed by atoms with E-state index in [9.17, 15) is 14.3 Å². The molecule has 1 unspecified atom stereocenters. The molecule has 1 saturated heterocycles. The van der Waals surface area contributed by atoms with Crippen LogP contribution in [0.5, 0.6) is 0 Å². The number of benzene rings is 3. The Morgan fingerprint density at radius 1 is 1.16 bits per heavy atom. The maximum absolute atomic E-state index is 14.4. The number of carboxylic acids is 1. The highest BCUT2D eigenvalue weighted by Crippen LogP contribution is 2.50. The fourth-order valence-corrected chi connectivity index (χ4v) is 5.00. The minimum Gasteiger partial charge on any atom is -0.481 e. The minimum absolute atomic E-state index is 0.210. The van der Waals surface area contributed by atoms with E-state index >= 15 is 0 Å². The van der Waals surface area contributed by atoms with Gasteiger partial charge in [-0.05, 0) is 60.7 Å². The number of fused-ring (bicyclic) bond motifs is 1. The second-order valence-corrected chi connectivity index (χ2v) is 8.94. The molecule has 2 aliphatic rings. The maximum atomic E-state index is 14.4. The molecular weight excluding hydrogens is 391 g/mol. The quantitative estimate of drug-likeness (QED) is 0.590. The number of hydrogen-bond acceptors (Lipinski definition) is 3. The zero-order valence-corrected chi connectivity index (χ0v) is 17.6. The topological polar surface area (TPSA) is 52.6 Å². The van der Waals surface area contributed by atoms with Gasteiger partial charge in [0.2, 0.25) is 0 Å². The zero-order chi connectivity index (χ0) is 21.6. The number of hydrogen-bond donors (Lipinski definition) is 2. The Bertz CT molecular complexity index is 1140. The number of carbonyl (C=O) groups is 1. The van der Waals surface area contributed by atoms with Gasteiger partial charge in [0.05, 0.1) is 5.41 Å². The first-order chi connectivity index (χ1) is 15.0. The first-order valence-corrected chi connectivity index (χ1v) is 11.0. The number of nitrogens with zero attached hydrogens (tertiary/aromatic N) is 1. The molecule has 0 amide bonds. The summed E-state index contributed by atoms with van der Waals surface area (Å²) in [5.41, 5.74) is 1.50. The predicted molar refractivity (Wildman–Crippen MR) is 121 cm³/mol. The maximum Gasteiger partial charge on any atom is 0.314 e. The average molecular weight is 419 g/mol. The van der Waals surface area contributed by atoms with Crippen molar-refractivity contribution in [1.82, 2.24) is 5.32 Å². The van der Waals surface area contributed by atoms with Gasteiger partial charge >= 0.3 is 5.97 Å². The predicted octanol–water partition coefficient (Wildman–Crippen LogP) is 5.02. The molecule has 1 heterocycles. The van der Waals surface area contributed by atoms with Gasteiger partial charge in [-0.3, -0.25) is 4.79 Å². The highest BCUT2D eigenvalue weighted by Gasteiger charge is 2.53. The van der Waals surface area contributed by atoms with Gasteiger partial charge in [-0.1, -0.05) is 42.5 Å². The van der Waals surface area contributed by atoms with Crippen LogP contribution in [0.15, 0.2) is 60.7 Å². The summed E-state index contributed by atoms with van der Waals surface area (Å²) in [6.45, 7) is 3.88. The molecule has 1 aliphatic carbocycles. The standard InChI is InChI=1S/C26H27FN2O2/c1-17(21-8-4-6-18-5-2-3-7-22(18)21)28-19-11-14-29(16-19)20-9-10-24(27)23(15-20)26(12-13-26)25(30)31/h2-10,15,17,19,28H,11-14,16H2,1H3,(H,30,31)/t17-,19?/m1/s1. The third kappa shape index (κ3) is 3.57. The summed E-state index contributed by atoms with van der Waals surface area (Å²) in [7, 11) is 0. The van der Waals surface area contributed by atoms with Gasteiger partial charge in [-0.15, -0.1) is 0 Å². The molecule has 3 aromatic carbocycles. The Balaban J connectivity index is 1.31. The fraction of sp³-hybridized carbons (Fsp3) is 0.346. The molecule has 31 heavy (non-hydrogen) atoms. The molecule has 0 bridgehead atoms. The van der Waals surface area contributed by atoms with Crippen molar-refractivity contribution in [1.29, 1.82) is 0 Å². The van der Waals surface area contributed by atoms with E-state index in [1.807, 2.05) is 0 Å². The fourth-order valence-electron chi connectivity index (χ4n) is 5.00. The van der Waals surface area contributed by atoms with Gasteiger partial charge in [0.25, 0.3) is 0 Å². The average Bonchev–Trinajstić information content (AvgIpc) is 3.46. The molecule has 5 rings (SSSR count). The van der Waals surface area contributed by atoms with E-state index in [2.05, 4.69) is 59.6 Å². The van der Waals surface area contributed by atoms with Gasteiger partial charge in [0, 0.05) is 36.4 Å². The Kier molecular flexibility index (Phi) is 4.94. The molecule has 2 atom stereocenters. The summed E-state index contributed by atoms with van der Waals surface area (Å²) in [6.07, 6.45) is 2.01. The van der Waals surface area contributed by atoms with Crippen LogP contribution in [0.1, 0.15) is 43.4 Å².